The van der Waals surface area contributed by atoms with Gasteiger partial charge < -0.3 is 15.4 Å². The van der Waals surface area contributed by atoms with Gasteiger partial charge in [-0.25, -0.2) is 9.97 Å². The number of rotatable bonds is 6. The van der Waals surface area contributed by atoms with Crippen molar-refractivity contribution < 1.29 is 4.74 Å². The predicted molar refractivity (Wildman–Crippen MR) is 141 cm³/mol. The lowest BCUT2D eigenvalue weighted by Crippen LogP contribution is -2.20. The van der Waals surface area contributed by atoms with E-state index in [1.54, 1.807) is 49.8 Å². The van der Waals surface area contributed by atoms with Gasteiger partial charge in [-0.3, -0.25) is 9.36 Å². The summed E-state index contributed by atoms with van der Waals surface area (Å²) < 4.78 is 7.17. The molecule has 8 nitrogen and oxygen atoms in total. The molecule has 1 saturated carbocycles. The Bertz CT molecular complexity index is 1370. The average Bonchev–Trinajstić information content (AvgIpc) is 3.67. The maximum Gasteiger partial charge on any atom is 0.259 e. The molecule has 0 saturated heterocycles. The zero-order valence-corrected chi connectivity index (χ0v) is 21.2. The summed E-state index contributed by atoms with van der Waals surface area (Å²) in [6, 6.07) is 10.5. The van der Waals surface area contributed by atoms with Crippen LogP contribution in [0.15, 0.2) is 53.6 Å². The number of pyridine rings is 2. The first kappa shape index (κ1) is 24.9. The van der Waals surface area contributed by atoms with Gasteiger partial charge in [0.1, 0.15) is 17.2 Å². The van der Waals surface area contributed by atoms with Crippen LogP contribution in [0.5, 0.6) is 5.75 Å². The second-order valence-electron chi connectivity index (χ2n) is 8.25. The Morgan fingerprint density at radius 2 is 1.80 bits per heavy atom. The van der Waals surface area contributed by atoms with Crippen LogP contribution in [-0.2, 0) is 7.05 Å². The molecule has 2 N–H and O–H groups in total. The summed E-state index contributed by atoms with van der Waals surface area (Å²) in [5.41, 5.74) is 1.10. The topological polar surface area (TPSA) is 94.0 Å². The quantitative estimate of drug-likeness (QED) is 0.372. The number of nitrogens with one attached hydrogen (secondary N) is 2. The summed E-state index contributed by atoms with van der Waals surface area (Å²) in [5.74, 6) is 2.32. The Morgan fingerprint density at radius 1 is 1.09 bits per heavy atom. The smallest absolute Gasteiger partial charge is 0.259 e. The third-order valence-electron chi connectivity index (χ3n) is 5.34. The van der Waals surface area contributed by atoms with Crippen LogP contribution in [-0.4, -0.2) is 40.2 Å². The third-order valence-corrected chi connectivity index (χ3v) is 5.97. The Hall–Kier alpha value is -3.20. The molecule has 1 aromatic carbocycles. The van der Waals surface area contributed by atoms with E-state index < -0.39 is 0 Å². The van der Waals surface area contributed by atoms with Gasteiger partial charge >= 0.3 is 0 Å². The van der Waals surface area contributed by atoms with E-state index in [0.29, 0.717) is 49.9 Å². The zero-order chi connectivity index (χ0) is 24.9. The lowest BCUT2D eigenvalue weighted by Gasteiger charge is -2.12. The van der Waals surface area contributed by atoms with E-state index in [-0.39, 0.29) is 5.56 Å². The fourth-order valence-electron chi connectivity index (χ4n) is 3.39. The van der Waals surface area contributed by atoms with Crippen molar-refractivity contribution in [3.63, 3.8) is 0 Å². The van der Waals surface area contributed by atoms with Gasteiger partial charge in [-0.05, 0) is 63.2 Å². The molecule has 3 aromatic heterocycles. The molecule has 0 bridgehead atoms. The summed E-state index contributed by atoms with van der Waals surface area (Å²) in [4.78, 5) is 26.3. The maximum atomic E-state index is 13.0. The van der Waals surface area contributed by atoms with Crippen LogP contribution in [0, 0.1) is 5.92 Å². The van der Waals surface area contributed by atoms with Gasteiger partial charge in [-0.1, -0.05) is 29.3 Å². The van der Waals surface area contributed by atoms with Gasteiger partial charge in [-0.2, -0.15) is 4.98 Å². The van der Waals surface area contributed by atoms with Crippen LogP contribution in [0.25, 0.3) is 22.2 Å². The van der Waals surface area contributed by atoms with E-state index in [2.05, 4.69) is 25.6 Å². The maximum absolute atomic E-state index is 13.0. The minimum atomic E-state index is -0.257. The summed E-state index contributed by atoms with van der Waals surface area (Å²) in [6.45, 7) is 0.734. The second-order valence-corrected chi connectivity index (χ2v) is 9.06. The van der Waals surface area contributed by atoms with Gasteiger partial charge in [0.15, 0.2) is 0 Å². The molecular weight excluding hydrogens is 487 g/mol. The van der Waals surface area contributed by atoms with Crippen LogP contribution < -0.4 is 20.9 Å². The van der Waals surface area contributed by atoms with E-state index in [0.717, 1.165) is 12.4 Å². The molecule has 5 rings (SSSR count). The molecule has 182 valence electrons. The van der Waals surface area contributed by atoms with E-state index in [1.165, 1.54) is 17.4 Å². The molecule has 1 aliphatic rings. The second kappa shape index (κ2) is 11.0. The summed E-state index contributed by atoms with van der Waals surface area (Å²) >= 11 is 12.6. The fourth-order valence-corrected chi connectivity index (χ4v) is 3.99. The normalized spacial score (nSPS) is 12.7. The molecule has 0 aliphatic heterocycles. The Labute approximate surface area is 213 Å². The predicted octanol–water partition coefficient (Wildman–Crippen LogP) is 5.07. The first-order valence-electron chi connectivity index (χ1n) is 11.2. The fraction of sp³-hybridized carbons (Fsp3) is 0.280. The van der Waals surface area contributed by atoms with Crippen molar-refractivity contribution in [1.82, 2.24) is 24.8 Å². The van der Waals surface area contributed by atoms with Gasteiger partial charge in [-0.15, -0.1) is 0 Å². The standard InChI is InChI=1S/C23H19Cl2N5O2.C2H7N/c1-30-21-14(9-16(22(30)31)20-17(24)3-2-4-18(20)25)10-27-23(29-21)28-19-8-7-15(11-26-19)32-12-13-5-6-13;1-3-2/h2-4,7-11,13H,5-6,12H2,1H3,(H,26,27,28,29);3H,1-2H3. The Morgan fingerprint density at radius 3 is 2.43 bits per heavy atom. The number of benzene rings is 1. The SMILES string of the molecule is CNC.Cn1c(=O)c(-c2c(Cl)cccc2Cl)cc2cnc(Nc3ccc(OCC4CC4)cn3)nc21. The molecule has 0 unspecified atom stereocenters. The molecule has 0 amide bonds. The highest BCUT2D eigenvalue weighted by Gasteiger charge is 2.22. The minimum absolute atomic E-state index is 0.257. The molecule has 1 aliphatic carbocycles. The monoisotopic (exact) mass is 512 g/mol. The molecule has 4 aromatic rings. The van der Waals surface area contributed by atoms with Crippen molar-refractivity contribution in [3.05, 3.63) is 69.2 Å². The van der Waals surface area contributed by atoms with Gasteiger partial charge in [0.25, 0.3) is 5.56 Å². The van der Waals surface area contributed by atoms with Crippen LogP contribution in [0.1, 0.15) is 12.8 Å². The number of aryl methyl sites for hydroxylation is 1. The van der Waals surface area contributed by atoms with Crippen LogP contribution in [0.2, 0.25) is 10.0 Å². The molecule has 3 heterocycles. The largest absolute Gasteiger partial charge is 0.492 e. The number of hydrogen-bond donors (Lipinski definition) is 2. The van der Waals surface area contributed by atoms with Crippen molar-refractivity contribution in [3.8, 4) is 16.9 Å². The van der Waals surface area contributed by atoms with E-state index in [1.807, 2.05) is 20.2 Å². The van der Waals surface area contributed by atoms with Crippen LogP contribution in [0.3, 0.4) is 0 Å². The highest BCUT2D eigenvalue weighted by atomic mass is 35.5. The van der Waals surface area contributed by atoms with E-state index in [4.69, 9.17) is 27.9 Å². The van der Waals surface area contributed by atoms with Gasteiger partial charge in [0.2, 0.25) is 5.95 Å². The van der Waals surface area contributed by atoms with Crippen LogP contribution in [0.4, 0.5) is 11.8 Å². The number of hydrogen-bond acceptors (Lipinski definition) is 7. The number of fused-ring (bicyclic) bond motifs is 1. The van der Waals surface area contributed by atoms with Crippen molar-refractivity contribution in [2.45, 2.75) is 12.8 Å². The summed E-state index contributed by atoms with van der Waals surface area (Å²) in [7, 11) is 5.40. The molecule has 0 spiro atoms. The lowest BCUT2D eigenvalue weighted by molar-refractivity contribution is 0.299. The Balaban J connectivity index is 0.000000917. The molecule has 1 fully saturated rings. The van der Waals surface area contributed by atoms with Crippen molar-refractivity contribution in [2.24, 2.45) is 13.0 Å². The Kier molecular flexibility index (Phi) is 7.85. The molecule has 10 heteroatoms. The summed E-state index contributed by atoms with van der Waals surface area (Å²) in [6.07, 6.45) is 5.79. The van der Waals surface area contributed by atoms with Crippen molar-refractivity contribution in [2.75, 3.05) is 26.0 Å². The zero-order valence-electron chi connectivity index (χ0n) is 19.7. The lowest BCUT2D eigenvalue weighted by atomic mass is 10.1. The van der Waals surface area contributed by atoms with Crippen molar-refractivity contribution >= 4 is 46.0 Å². The average molecular weight is 513 g/mol. The first-order chi connectivity index (χ1) is 16.9. The highest BCUT2D eigenvalue weighted by Crippen LogP contribution is 2.34. The molecule has 35 heavy (non-hydrogen) atoms. The molecule has 0 atom stereocenters. The molecule has 0 radical (unpaired) electrons. The summed E-state index contributed by atoms with van der Waals surface area (Å²) in [5, 5.41) is 7.31. The first-order valence-corrected chi connectivity index (χ1v) is 11.9. The number of nitrogens with zero attached hydrogens (tertiary/aromatic N) is 4. The van der Waals surface area contributed by atoms with E-state index in [9.17, 15) is 4.79 Å². The number of ether oxygens (including phenoxy) is 1. The number of aromatic nitrogens is 4. The number of halogens is 2. The number of anilines is 2. The van der Waals surface area contributed by atoms with E-state index >= 15 is 0 Å². The third kappa shape index (κ3) is 5.90. The van der Waals surface area contributed by atoms with Gasteiger partial charge in [0.05, 0.1) is 28.4 Å². The van der Waals surface area contributed by atoms with Crippen LogP contribution >= 0.6 is 23.2 Å². The van der Waals surface area contributed by atoms with Crippen molar-refractivity contribution in [1.29, 1.82) is 0 Å². The highest BCUT2D eigenvalue weighted by molar-refractivity contribution is 6.39. The minimum Gasteiger partial charge on any atom is -0.492 e. The van der Waals surface area contributed by atoms with Gasteiger partial charge in [0, 0.05) is 24.2 Å². The molecular formula is C25H26Cl2N6O2.